The molecule has 0 aromatic heterocycles. The summed E-state index contributed by atoms with van der Waals surface area (Å²) < 4.78 is 7.90. The molecule has 2 unspecified atom stereocenters. The highest BCUT2D eigenvalue weighted by Gasteiger charge is 2.42. The van der Waals surface area contributed by atoms with E-state index in [-0.39, 0.29) is 17.9 Å². The average Bonchev–Trinajstić information content (AvgIpc) is 3.93. The number of carboxylic acid groups (broad SMARTS) is 1. The van der Waals surface area contributed by atoms with Crippen LogP contribution in [0.15, 0.2) is 30.4 Å². The van der Waals surface area contributed by atoms with Crippen LogP contribution in [0.5, 0.6) is 0 Å². The Morgan fingerprint density at radius 1 is 1.08 bits per heavy atom. The fraction of sp³-hybridized carbons (Fsp3) is 0.611. The summed E-state index contributed by atoms with van der Waals surface area (Å²) in [4.78, 5) is 61.6. The molecule has 272 valence electrons. The molecule has 1 aromatic rings. The summed E-state index contributed by atoms with van der Waals surface area (Å²) in [6.45, 7) is 6.76. The first-order chi connectivity index (χ1) is 23.9. The average molecular weight is 711 g/mol. The second kappa shape index (κ2) is 18.1. The van der Waals surface area contributed by atoms with Gasteiger partial charge in [-0.2, -0.15) is 5.26 Å². The molecule has 0 radical (unpaired) electrons. The van der Waals surface area contributed by atoms with Gasteiger partial charge in [-0.25, -0.2) is 9.59 Å². The molecule has 6 rings (SSSR count). The van der Waals surface area contributed by atoms with Crippen LogP contribution >= 0.6 is 11.9 Å². The third-order valence-electron chi connectivity index (χ3n) is 8.88. The maximum absolute atomic E-state index is 13.3. The van der Waals surface area contributed by atoms with Gasteiger partial charge in [0.15, 0.2) is 0 Å². The van der Waals surface area contributed by atoms with Crippen LogP contribution in [0.3, 0.4) is 0 Å². The first kappa shape index (κ1) is 38.6. The molecule has 14 heteroatoms. The molecule has 4 atom stereocenters. The molecule has 1 aromatic carbocycles. The Hall–Kier alpha value is -4.25. The molecule has 5 aliphatic rings. The van der Waals surface area contributed by atoms with Crippen LogP contribution in [0.25, 0.3) is 0 Å². The molecule has 2 saturated carbocycles. The number of nitrogens with zero attached hydrogens (tertiary/aromatic N) is 3. The highest BCUT2D eigenvalue weighted by atomic mass is 32.2. The number of amides is 5. The third kappa shape index (κ3) is 12.3. The molecular weight excluding hydrogens is 660 g/mol. The fourth-order valence-corrected chi connectivity index (χ4v) is 6.67. The van der Waals surface area contributed by atoms with Crippen LogP contribution < -0.4 is 15.4 Å². The molecular formula is C36H50N6O7S. The SMILES string of the molecule is CC(C)(C)OC(=O)N[C@H]1CCCCC/C=C\[C@@H]2CC2NC(=O)C2CCCN2C1=O.N#Cc1ccc2c(c1)CN(C(=O)O)C2.O=CNSC1CC1. The molecule has 3 aliphatic heterocycles. The molecule has 0 spiro atoms. The molecule has 2 aliphatic carbocycles. The first-order valence-corrected chi connectivity index (χ1v) is 18.4. The van der Waals surface area contributed by atoms with Crippen molar-refractivity contribution in [3.05, 3.63) is 47.0 Å². The van der Waals surface area contributed by atoms with E-state index in [1.807, 2.05) is 12.1 Å². The number of allylic oxidation sites excluding steroid dienone is 1. The Bertz CT molecular complexity index is 1450. The molecule has 50 heavy (non-hydrogen) atoms. The van der Waals surface area contributed by atoms with Gasteiger partial charge in [0.25, 0.3) is 0 Å². The number of benzene rings is 1. The van der Waals surface area contributed by atoms with Gasteiger partial charge in [0, 0.05) is 30.9 Å². The van der Waals surface area contributed by atoms with Crippen molar-refractivity contribution >= 4 is 42.4 Å². The Balaban J connectivity index is 0.000000218. The maximum Gasteiger partial charge on any atom is 0.408 e. The van der Waals surface area contributed by atoms with Crippen LogP contribution in [0, 0.1) is 17.2 Å². The van der Waals surface area contributed by atoms with Crippen molar-refractivity contribution in [2.75, 3.05) is 6.54 Å². The fourth-order valence-electron chi connectivity index (χ4n) is 6.05. The van der Waals surface area contributed by atoms with Crippen molar-refractivity contribution in [3.8, 4) is 6.07 Å². The largest absolute Gasteiger partial charge is 0.465 e. The number of alkyl carbamates (subject to hydrolysis) is 1. The number of carbonyl (C=O) groups excluding carboxylic acids is 4. The van der Waals surface area contributed by atoms with Crippen LogP contribution in [0.1, 0.15) is 102 Å². The molecule has 5 amide bonds. The van der Waals surface area contributed by atoms with Gasteiger partial charge in [0.2, 0.25) is 18.2 Å². The van der Waals surface area contributed by atoms with Gasteiger partial charge >= 0.3 is 12.2 Å². The zero-order valence-corrected chi connectivity index (χ0v) is 30.0. The number of hydrogen-bond acceptors (Lipinski definition) is 8. The van der Waals surface area contributed by atoms with Gasteiger partial charge in [-0.15, -0.1) is 0 Å². The number of ether oxygens (including phenoxy) is 1. The number of hydrogen-bond donors (Lipinski definition) is 4. The van der Waals surface area contributed by atoms with E-state index in [4.69, 9.17) is 15.1 Å². The molecule has 0 bridgehead atoms. The quantitative estimate of drug-likeness (QED) is 0.190. The predicted octanol–water partition coefficient (Wildman–Crippen LogP) is 4.99. The van der Waals surface area contributed by atoms with Gasteiger partial charge in [0.1, 0.15) is 17.7 Å². The lowest BCUT2D eigenvalue weighted by atomic mass is 10.0. The predicted molar refractivity (Wildman–Crippen MR) is 188 cm³/mol. The van der Waals surface area contributed by atoms with Gasteiger partial charge in [-0.1, -0.05) is 31.1 Å². The van der Waals surface area contributed by atoms with Gasteiger partial charge in [0.05, 0.1) is 11.6 Å². The van der Waals surface area contributed by atoms with Crippen molar-refractivity contribution in [1.29, 1.82) is 5.26 Å². The summed E-state index contributed by atoms with van der Waals surface area (Å²) in [5.74, 6) is 0.188. The highest BCUT2D eigenvalue weighted by Crippen LogP contribution is 2.33. The minimum atomic E-state index is -0.917. The van der Waals surface area contributed by atoms with E-state index in [0.717, 1.165) is 61.3 Å². The van der Waals surface area contributed by atoms with Crippen LogP contribution in [0.4, 0.5) is 9.59 Å². The number of rotatable bonds is 4. The summed E-state index contributed by atoms with van der Waals surface area (Å²) in [6, 6.07) is 6.40. The van der Waals surface area contributed by atoms with E-state index >= 15 is 0 Å². The van der Waals surface area contributed by atoms with Crippen LogP contribution in [0.2, 0.25) is 0 Å². The van der Waals surface area contributed by atoms with E-state index < -0.39 is 29.9 Å². The number of nitrogens with one attached hydrogen (secondary N) is 3. The summed E-state index contributed by atoms with van der Waals surface area (Å²) >= 11 is 1.52. The maximum atomic E-state index is 13.3. The van der Waals surface area contributed by atoms with Crippen LogP contribution in [-0.2, 0) is 32.2 Å². The van der Waals surface area contributed by atoms with Crippen molar-refractivity contribution in [2.24, 2.45) is 5.92 Å². The zero-order chi connectivity index (χ0) is 36.3. The smallest absolute Gasteiger partial charge is 0.408 e. The Morgan fingerprint density at radius 2 is 1.84 bits per heavy atom. The second-order valence-corrected chi connectivity index (χ2v) is 15.4. The molecule has 4 N–H and O–H groups in total. The van der Waals surface area contributed by atoms with E-state index in [1.165, 1.54) is 29.7 Å². The summed E-state index contributed by atoms with van der Waals surface area (Å²) in [5.41, 5.74) is 1.88. The van der Waals surface area contributed by atoms with E-state index in [1.54, 1.807) is 37.8 Å². The zero-order valence-electron chi connectivity index (χ0n) is 29.2. The number of fused-ring (bicyclic) bond motifs is 3. The lowest BCUT2D eigenvalue weighted by molar-refractivity contribution is -0.140. The van der Waals surface area contributed by atoms with E-state index in [2.05, 4.69) is 27.5 Å². The lowest BCUT2D eigenvalue weighted by Gasteiger charge is -2.29. The van der Waals surface area contributed by atoms with Gasteiger partial charge in [-0.3, -0.25) is 19.3 Å². The normalized spacial score (nSPS) is 25.1. The Morgan fingerprint density at radius 3 is 2.52 bits per heavy atom. The van der Waals surface area contributed by atoms with Crippen LogP contribution in [-0.4, -0.2) is 80.8 Å². The minimum Gasteiger partial charge on any atom is -0.465 e. The molecule has 3 heterocycles. The van der Waals surface area contributed by atoms with E-state index in [0.29, 0.717) is 44.0 Å². The first-order valence-electron chi connectivity index (χ1n) is 17.5. The Labute approximate surface area is 298 Å². The van der Waals surface area contributed by atoms with Gasteiger partial charge < -0.3 is 30.1 Å². The summed E-state index contributed by atoms with van der Waals surface area (Å²) in [5, 5.41) is 24.0. The summed E-state index contributed by atoms with van der Waals surface area (Å²) in [7, 11) is 0. The van der Waals surface area contributed by atoms with Gasteiger partial charge in [-0.05, 0) is 113 Å². The van der Waals surface area contributed by atoms with Crippen molar-refractivity contribution in [2.45, 2.75) is 127 Å². The van der Waals surface area contributed by atoms with Crippen molar-refractivity contribution in [1.82, 2.24) is 25.2 Å². The molecule has 1 saturated heterocycles. The van der Waals surface area contributed by atoms with Crippen molar-refractivity contribution < 1.29 is 33.8 Å². The summed E-state index contributed by atoms with van der Waals surface area (Å²) in [6.07, 6.45) is 13.1. The van der Waals surface area contributed by atoms with Crippen molar-refractivity contribution in [3.63, 3.8) is 0 Å². The van der Waals surface area contributed by atoms with E-state index in [9.17, 15) is 24.0 Å². The third-order valence-corrected chi connectivity index (χ3v) is 9.91. The molecule has 13 nitrogen and oxygen atoms in total. The second-order valence-electron chi connectivity index (χ2n) is 14.3. The minimum absolute atomic E-state index is 0.0670. The number of nitriles is 1. The monoisotopic (exact) mass is 710 g/mol. The number of carbonyl (C=O) groups is 5. The lowest BCUT2D eigenvalue weighted by Crippen LogP contribution is -2.54. The standard InChI is InChI=1S/C22H35N3O4.C10H8N2O2.C4H7NOS/c1-22(2,3)29-21(28)24-16-11-8-6-4-5-7-10-15-14-17(15)23-19(26)18-12-9-13-25(18)20(16)27;11-4-7-1-2-8-5-12(10(13)14)6-9(8)3-7;6-3-5-7-4-1-2-4/h7,10,15-18H,4-6,8-9,11-14H2,1-3H3,(H,23,26)(H,24,28);1-3H,5-6H2,(H,13,14);3-4H,1-2H2,(H,5,6)/b10-7-;;/t15-,16+,17?,18?;;/m1../s1. The highest BCUT2D eigenvalue weighted by molar-refractivity contribution is 7.98. The topological polar surface area (TPSA) is 181 Å². The molecule has 3 fully saturated rings. The Kier molecular flexibility index (Phi) is 14.0.